The van der Waals surface area contributed by atoms with Gasteiger partial charge in [-0.1, -0.05) is 52.0 Å². The van der Waals surface area contributed by atoms with Gasteiger partial charge in [-0.25, -0.2) is 4.98 Å². The Morgan fingerprint density at radius 1 is 1.03 bits per heavy atom. The quantitative estimate of drug-likeness (QED) is 0.127. The van der Waals surface area contributed by atoms with Crippen LogP contribution in [0.25, 0.3) is 11.8 Å². The van der Waals surface area contributed by atoms with E-state index in [0.29, 0.717) is 48.8 Å². The van der Waals surface area contributed by atoms with Gasteiger partial charge in [-0.15, -0.1) is 0 Å². The van der Waals surface area contributed by atoms with Crippen LogP contribution in [0.5, 0.6) is 5.75 Å². The predicted molar refractivity (Wildman–Crippen MR) is 145 cm³/mol. The lowest BCUT2D eigenvalue weighted by Crippen LogP contribution is -2.42. The summed E-state index contributed by atoms with van der Waals surface area (Å²) < 4.78 is 73.5. The molecule has 3 rings (SSSR count). The number of ether oxygens (including phenoxy) is 1. The van der Waals surface area contributed by atoms with Gasteiger partial charge in [-0.05, 0) is 67.8 Å². The number of anilines is 1. The molecule has 0 aliphatic heterocycles. The average molecular weight is 557 g/mol. The average Bonchev–Trinajstić information content (AvgIpc) is 3.29. The predicted octanol–water partition coefficient (Wildman–Crippen LogP) is 8.92. The van der Waals surface area contributed by atoms with Crippen LogP contribution in [0, 0.1) is 6.92 Å². The number of hydrogen-bond donors (Lipinski definition) is 0. The zero-order valence-corrected chi connectivity index (χ0v) is 22.7. The molecule has 5 nitrogen and oxygen atoms in total. The molecule has 0 amide bonds. The van der Waals surface area contributed by atoms with Crippen molar-refractivity contribution < 1.29 is 24.2 Å². The minimum Gasteiger partial charge on any atom is -0.495 e. The summed E-state index contributed by atoms with van der Waals surface area (Å²) in [6, 6.07) is 8.74. The monoisotopic (exact) mass is 556 g/mol. The van der Waals surface area contributed by atoms with Crippen LogP contribution in [0.1, 0.15) is 37.9 Å². The van der Waals surface area contributed by atoms with Crippen LogP contribution in [0.3, 0.4) is 0 Å². The van der Waals surface area contributed by atoms with E-state index in [-0.39, 0.29) is 0 Å². The lowest BCUT2D eigenvalue weighted by Gasteiger charge is -2.41. The number of aryl methyl sites for hydroxylation is 1. The SMILES string of the molecule is C=C(/C=C/c1ccc(-n2cnc(C)c2)c(OC)c1)N(CCC)N(CCC)c1ccc(S(F)(F)(F)(F)F)cc1. The Morgan fingerprint density at radius 3 is 2.21 bits per heavy atom. The van der Waals surface area contributed by atoms with Gasteiger partial charge in [0.2, 0.25) is 0 Å². The second-order valence-electron chi connectivity index (χ2n) is 8.89. The van der Waals surface area contributed by atoms with Gasteiger partial charge in [0.1, 0.15) is 10.6 Å². The van der Waals surface area contributed by atoms with E-state index in [2.05, 4.69) is 11.6 Å². The summed E-state index contributed by atoms with van der Waals surface area (Å²) in [5, 5.41) is 3.60. The Hall–Kier alpha value is -3.47. The number of aromatic nitrogens is 2. The van der Waals surface area contributed by atoms with Gasteiger partial charge in [0.15, 0.2) is 0 Å². The van der Waals surface area contributed by atoms with Crippen molar-refractivity contribution in [2.24, 2.45) is 0 Å². The molecule has 0 fully saturated rings. The maximum atomic E-state index is 13.2. The molecule has 0 radical (unpaired) electrons. The summed E-state index contributed by atoms with van der Waals surface area (Å²) in [4.78, 5) is 2.34. The Kier molecular flexibility index (Phi) is 7.93. The van der Waals surface area contributed by atoms with E-state index in [1.54, 1.807) is 24.5 Å². The van der Waals surface area contributed by atoms with Crippen LogP contribution in [-0.4, -0.2) is 34.8 Å². The van der Waals surface area contributed by atoms with Gasteiger partial charge in [-0.2, -0.15) is 0 Å². The lowest BCUT2D eigenvalue weighted by atomic mass is 10.1. The Labute approximate surface area is 220 Å². The third kappa shape index (κ3) is 7.09. The highest BCUT2D eigenvalue weighted by Crippen LogP contribution is 3.02. The number of nitrogens with zero attached hydrogens (tertiary/aromatic N) is 4. The number of methoxy groups -OCH3 is 1. The number of imidazole rings is 1. The fourth-order valence-electron chi connectivity index (χ4n) is 3.95. The summed E-state index contributed by atoms with van der Waals surface area (Å²) in [5.41, 5.74) is 3.51. The van der Waals surface area contributed by atoms with E-state index in [1.807, 2.05) is 60.8 Å². The minimum absolute atomic E-state index is 0.363. The third-order valence-corrected chi connectivity index (χ3v) is 6.90. The molecular weight excluding hydrogens is 523 g/mol. The maximum absolute atomic E-state index is 13.2. The van der Waals surface area contributed by atoms with E-state index in [0.717, 1.165) is 35.5 Å². The molecule has 0 atom stereocenters. The molecule has 1 heterocycles. The first kappa shape index (κ1) is 29.1. The molecule has 0 N–H and O–H groups in total. The van der Waals surface area contributed by atoms with Crippen LogP contribution in [-0.2, 0) is 0 Å². The molecule has 0 aliphatic rings. The van der Waals surface area contributed by atoms with E-state index >= 15 is 0 Å². The summed E-state index contributed by atoms with van der Waals surface area (Å²) in [6.07, 6.45) is 8.66. The molecule has 38 heavy (non-hydrogen) atoms. The minimum atomic E-state index is -9.75. The maximum Gasteiger partial charge on any atom is 0.310 e. The largest absolute Gasteiger partial charge is 0.495 e. The topological polar surface area (TPSA) is 33.5 Å². The van der Waals surface area contributed by atoms with Crippen LogP contribution in [0.4, 0.5) is 25.1 Å². The summed E-state index contributed by atoms with van der Waals surface area (Å²) in [7, 11) is -8.16. The van der Waals surface area contributed by atoms with Crippen molar-refractivity contribution in [3.8, 4) is 11.4 Å². The third-order valence-electron chi connectivity index (χ3n) is 5.74. The fraction of sp³-hybridized carbons (Fsp3) is 0.296. The first-order valence-electron chi connectivity index (χ1n) is 12.1. The Bertz CT molecular complexity index is 1300. The van der Waals surface area contributed by atoms with Crippen molar-refractivity contribution >= 4 is 22.0 Å². The van der Waals surface area contributed by atoms with Crippen molar-refractivity contribution in [3.05, 3.63) is 84.6 Å². The Balaban J connectivity index is 1.88. The van der Waals surface area contributed by atoms with Crippen molar-refractivity contribution in [2.75, 3.05) is 25.2 Å². The number of hydrazine groups is 1. The molecule has 11 heteroatoms. The van der Waals surface area contributed by atoms with Crippen molar-refractivity contribution in [1.29, 1.82) is 0 Å². The van der Waals surface area contributed by atoms with Crippen LogP contribution in [0.2, 0.25) is 0 Å². The lowest BCUT2D eigenvalue weighted by molar-refractivity contribution is 0.323. The van der Waals surface area contributed by atoms with Gasteiger partial charge < -0.3 is 9.30 Å². The normalized spacial score (nSPS) is 13.7. The molecule has 0 bridgehead atoms. The van der Waals surface area contributed by atoms with Gasteiger partial charge in [0.05, 0.1) is 36.2 Å². The molecular formula is C27H33F5N4OS. The second-order valence-corrected chi connectivity index (χ2v) is 11.3. The fourth-order valence-corrected chi connectivity index (χ4v) is 4.60. The van der Waals surface area contributed by atoms with Gasteiger partial charge in [-0.3, -0.25) is 10.0 Å². The molecule has 0 saturated carbocycles. The first-order valence-corrected chi connectivity index (χ1v) is 14.1. The highest BCUT2D eigenvalue weighted by molar-refractivity contribution is 8.45. The van der Waals surface area contributed by atoms with Gasteiger partial charge in [0.25, 0.3) is 0 Å². The molecule has 0 saturated heterocycles. The van der Waals surface area contributed by atoms with E-state index < -0.39 is 15.1 Å². The molecule has 0 spiro atoms. The standard InChI is InChI=1S/C27H33F5N4OS/c1-6-16-35(36(17-7-2)24-11-13-25(14-12-24)38(28,29,30,31)32)22(4)8-9-23-10-15-26(27(18-23)37-5)34-19-21(3)33-20-34/h8-15,18-20H,4,6-7,16-17H2,1-3,5H3/b9-8+. The molecule has 1 aromatic heterocycles. The first-order chi connectivity index (χ1) is 17.7. The summed E-state index contributed by atoms with van der Waals surface area (Å²) >= 11 is 0. The molecule has 208 valence electrons. The summed E-state index contributed by atoms with van der Waals surface area (Å²) in [6.45, 7) is 10.9. The van der Waals surface area contributed by atoms with Crippen molar-refractivity contribution in [2.45, 2.75) is 38.5 Å². The zero-order valence-electron chi connectivity index (χ0n) is 21.9. The summed E-state index contributed by atoms with van der Waals surface area (Å²) in [5.74, 6) is 0.650. The molecule has 0 aliphatic carbocycles. The smallest absolute Gasteiger partial charge is 0.310 e. The number of benzene rings is 2. The molecule has 2 aromatic carbocycles. The van der Waals surface area contributed by atoms with Gasteiger partial charge in [0, 0.05) is 19.3 Å². The van der Waals surface area contributed by atoms with Gasteiger partial charge >= 0.3 is 10.2 Å². The van der Waals surface area contributed by atoms with Crippen molar-refractivity contribution in [3.63, 3.8) is 0 Å². The molecule has 3 aromatic rings. The van der Waals surface area contributed by atoms with E-state index in [1.165, 1.54) is 0 Å². The Morgan fingerprint density at radius 2 is 1.68 bits per heavy atom. The van der Waals surface area contributed by atoms with Crippen molar-refractivity contribution in [1.82, 2.24) is 14.6 Å². The van der Waals surface area contributed by atoms with Crippen LogP contribution < -0.4 is 9.75 Å². The zero-order chi connectivity index (χ0) is 28.2. The van der Waals surface area contributed by atoms with E-state index in [4.69, 9.17) is 4.74 Å². The van der Waals surface area contributed by atoms with E-state index in [9.17, 15) is 19.4 Å². The number of allylic oxidation sites excluding steroid dienone is 1. The highest BCUT2D eigenvalue weighted by atomic mass is 32.5. The highest BCUT2D eigenvalue weighted by Gasteiger charge is 2.65. The number of hydrogen-bond acceptors (Lipinski definition) is 4. The number of halogens is 5. The number of rotatable bonds is 12. The molecule has 0 unspecified atom stereocenters. The van der Waals surface area contributed by atoms with Crippen LogP contribution >= 0.6 is 10.2 Å². The second kappa shape index (κ2) is 10.4. The van der Waals surface area contributed by atoms with Crippen LogP contribution in [0.15, 0.2) is 78.2 Å².